The largest absolute Gasteiger partial charge is 0.467 e. The van der Waals surface area contributed by atoms with Gasteiger partial charge >= 0.3 is 5.97 Å². The molecule has 3 N–H and O–H groups in total. The van der Waals surface area contributed by atoms with Gasteiger partial charge in [-0.1, -0.05) is 37.3 Å². The van der Waals surface area contributed by atoms with Gasteiger partial charge in [-0.05, 0) is 18.4 Å². The average Bonchev–Trinajstić information content (AvgIpc) is 2.44. The van der Waals surface area contributed by atoms with E-state index in [1.165, 1.54) is 7.11 Å². The zero-order valence-electron chi connectivity index (χ0n) is 11.3. The number of carbonyl (C=O) groups is 2. The number of amides is 1. The van der Waals surface area contributed by atoms with E-state index in [0.717, 1.165) is 5.56 Å². The molecule has 1 aromatic rings. The highest BCUT2D eigenvalue weighted by Crippen LogP contribution is 2.03. The molecule has 5 nitrogen and oxygen atoms in total. The summed E-state index contributed by atoms with van der Waals surface area (Å²) in [6.45, 7) is 1.80. The fraction of sp³-hybridized carbons (Fsp3) is 0.429. The van der Waals surface area contributed by atoms with Crippen LogP contribution in [0.3, 0.4) is 0 Å². The third kappa shape index (κ3) is 4.71. The lowest BCUT2D eigenvalue weighted by Gasteiger charge is -2.17. The molecule has 0 aliphatic carbocycles. The van der Waals surface area contributed by atoms with E-state index < -0.39 is 18.1 Å². The minimum Gasteiger partial charge on any atom is -0.467 e. The molecular formula is C14H20N2O3. The number of ether oxygens (including phenoxy) is 1. The van der Waals surface area contributed by atoms with Crippen molar-refractivity contribution in [2.75, 3.05) is 7.11 Å². The number of carbonyl (C=O) groups excluding carboxylic acids is 2. The van der Waals surface area contributed by atoms with Crippen molar-refractivity contribution in [3.05, 3.63) is 35.9 Å². The van der Waals surface area contributed by atoms with E-state index in [1.807, 2.05) is 30.3 Å². The van der Waals surface area contributed by atoms with Gasteiger partial charge in [-0.2, -0.15) is 0 Å². The van der Waals surface area contributed by atoms with Crippen LogP contribution in [0.15, 0.2) is 30.3 Å². The zero-order chi connectivity index (χ0) is 14.3. The maximum atomic E-state index is 11.9. The Hall–Kier alpha value is -1.88. The Morgan fingerprint density at radius 1 is 1.32 bits per heavy atom. The van der Waals surface area contributed by atoms with Crippen LogP contribution in [0.5, 0.6) is 0 Å². The normalized spacial score (nSPS) is 13.4. The molecule has 1 aromatic carbocycles. The highest BCUT2D eigenvalue weighted by Gasteiger charge is 2.22. The SMILES string of the molecule is CCC(NC(=O)C(N)Cc1ccccc1)C(=O)OC. The zero-order valence-corrected chi connectivity index (χ0v) is 11.3. The minimum absolute atomic E-state index is 0.346. The van der Waals surface area contributed by atoms with E-state index >= 15 is 0 Å². The Kier molecular flexibility index (Phi) is 6.02. The van der Waals surface area contributed by atoms with Crippen LogP contribution in [0.2, 0.25) is 0 Å². The van der Waals surface area contributed by atoms with Gasteiger partial charge in [-0.3, -0.25) is 4.79 Å². The summed E-state index contributed by atoms with van der Waals surface area (Å²) in [4.78, 5) is 23.3. The van der Waals surface area contributed by atoms with Gasteiger partial charge < -0.3 is 15.8 Å². The van der Waals surface area contributed by atoms with Gasteiger partial charge in [0.1, 0.15) is 6.04 Å². The molecule has 0 aliphatic heterocycles. The number of benzene rings is 1. The lowest BCUT2D eigenvalue weighted by Crippen LogP contribution is -2.49. The van der Waals surface area contributed by atoms with E-state index in [2.05, 4.69) is 10.1 Å². The molecule has 2 atom stereocenters. The van der Waals surface area contributed by atoms with Crippen molar-refractivity contribution in [3.8, 4) is 0 Å². The first-order valence-electron chi connectivity index (χ1n) is 6.26. The second-order valence-corrected chi connectivity index (χ2v) is 4.29. The summed E-state index contributed by atoms with van der Waals surface area (Å²) >= 11 is 0. The number of methoxy groups -OCH3 is 1. The van der Waals surface area contributed by atoms with Gasteiger partial charge in [0.05, 0.1) is 13.2 Å². The third-order valence-corrected chi connectivity index (χ3v) is 2.85. The van der Waals surface area contributed by atoms with Crippen molar-refractivity contribution >= 4 is 11.9 Å². The summed E-state index contributed by atoms with van der Waals surface area (Å²) < 4.78 is 4.61. The number of nitrogens with one attached hydrogen (secondary N) is 1. The monoisotopic (exact) mass is 264 g/mol. The molecule has 104 valence electrons. The number of rotatable bonds is 6. The first kappa shape index (κ1) is 15.2. The molecule has 0 heterocycles. The van der Waals surface area contributed by atoms with Gasteiger partial charge in [0, 0.05) is 0 Å². The van der Waals surface area contributed by atoms with Crippen LogP contribution in [0.25, 0.3) is 0 Å². The van der Waals surface area contributed by atoms with Crippen LogP contribution in [0.1, 0.15) is 18.9 Å². The van der Waals surface area contributed by atoms with E-state index in [1.54, 1.807) is 6.92 Å². The van der Waals surface area contributed by atoms with Crippen LogP contribution in [-0.4, -0.2) is 31.1 Å². The summed E-state index contributed by atoms with van der Waals surface area (Å²) in [5, 5.41) is 2.60. The highest BCUT2D eigenvalue weighted by molar-refractivity contribution is 5.87. The quantitative estimate of drug-likeness (QED) is 0.738. The smallest absolute Gasteiger partial charge is 0.328 e. The average molecular weight is 264 g/mol. The van der Waals surface area contributed by atoms with Crippen molar-refractivity contribution in [1.82, 2.24) is 5.32 Å². The number of nitrogens with two attached hydrogens (primary N) is 1. The molecule has 1 amide bonds. The van der Waals surface area contributed by atoms with Crippen molar-refractivity contribution in [3.63, 3.8) is 0 Å². The molecule has 1 rings (SSSR count). The molecule has 0 aromatic heterocycles. The number of hydrogen-bond donors (Lipinski definition) is 2. The molecule has 2 unspecified atom stereocenters. The highest BCUT2D eigenvalue weighted by atomic mass is 16.5. The third-order valence-electron chi connectivity index (χ3n) is 2.85. The van der Waals surface area contributed by atoms with E-state index in [4.69, 9.17) is 5.73 Å². The van der Waals surface area contributed by atoms with Crippen LogP contribution in [-0.2, 0) is 20.7 Å². The Labute approximate surface area is 113 Å². The maximum absolute atomic E-state index is 11.9. The maximum Gasteiger partial charge on any atom is 0.328 e. The van der Waals surface area contributed by atoms with Crippen LogP contribution < -0.4 is 11.1 Å². The summed E-state index contributed by atoms with van der Waals surface area (Å²) in [6.07, 6.45) is 0.904. The summed E-state index contributed by atoms with van der Waals surface area (Å²) in [5.74, 6) is -0.802. The van der Waals surface area contributed by atoms with E-state index in [-0.39, 0.29) is 5.91 Å². The number of esters is 1. The van der Waals surface area contributed by atoms with Gasteiger partial charge in [-0.25, -0.2) is 4.79 Å². The number of hydrogen-bond acceptors (Lipinski definition) is 4. The molecule has 0 aliphatic rings. The molecule has 0 bridgehead atoms. The Balaban J connectivity index is 2.55. The predicted molar refractivity (Wildman–Crippen MR) is 72.4 cm³/mol. The van der Waals surface area contributed by atoms with Crippen molar-refractivity contribution in [1.29, 1.82) is 0 Å². The van der Waals surface area contributed by atoms with Crippen LogP contribution >= 0.6 is 0 Å². The van der Waals surface area contributed by atoms with Crippen LogP contribution in [0.4, 0.5) is 0 Å². The molecule has 0 radical (unpaired) electrons. The second kappa shape index (κ2) is 7.53. The first-order chi connectivity index (χ1) is 9.08. The van der Waals surface area contributed by atoms with Gasteiger partial charge in [-0.15, -0.1) is 0 Å². The summed E-state index contributed by atoms with van der Waals surface area (Å²) in [7, 11) is 1.29. The Morgan fingerprint density at radius 2 is 1.95 bits per heavy atom. The van der Waals surface area contributed by atoms with Gasteiger partial charge in [0.2, 0.25) is 5.91 Å². The standard InChI is InChI=1S/C14H20N2O3/c1-3-12(14(18)19-2)16-13(17)11(15)9-10-7-5-4-6-8-10/h4-8,11-12H,3,9,15H2,1-2H3,(H,16,17). The Morgan fingerprint density at radius 3 is 2.47 bits per heavy atom. The summed E-state index contributed by atoms with van der Waals surface area (Å²) in [6, 6.07) is 8.18. The summed E-state index contributed by atoms with van der Waals surface area (Å²) in [5.41, 5.74) is 6.81. The van der Waals surface area contributed by atoms with Crippen molar-refractivity contribution in [2.45, 2.75) is 31.8 Å². The van der Waals surface area contributed by atoms with Gasteiger partial charge in [0.25, 0.3) is 0 Å². The van der Waals surface area contributed by atoms with Crippen molar-refractivity contribution < 1.29 is 14.3 Å². The molecule has 0 spiro atoms. The lowest BCUT2D eigenvalue weighted by atomic mass is 10.1. The topological polar surface area (TPSA) is 81.4 Å². The molecular weight excluding hydrogens is 244 g/mol. The molecule has 5 heteroatoms. The van der Waals surface area contributed by atoms with E-state index in [9.17, 15) is 9.59 Å². The molecule has 0 saturated carbocycles. The van der Waals surface area contributed by atoms with Gasteiger partial charge in [0.15, 0.2) is 0 Å². The lowest BCUT2D eigenvalue weighted by molar-refractivity contribution is -0.145. The molecule has 19 heavy (non-hydrogen) atoms. The van der Waals surface area contributed by atoms with Crippen LogP contribution in [0, 0.1) is 0 Å². The fourth-order valence-electron chi connectivity index (χ4n) is 1.71. The van der Waals surface area contributed by atoms with Crippen molar-refractivity contribution in [2.24, 2.45) is 5.73 Å². The second-order valence-electron chi connectivity index (χ2n) is 4.29. The fourth-order valence-corrected chi connectivity index (χ4v) is 1.71. The Bertz CT molecular complexity index is 420. The molecule has 0 saturated heterocycles. The van der Waals surface area contributed by atoms with E-state index in [0.29, 0.717) is 12.8 Å². The minimum atomic E-state index is -0.680. The predicted octanol–water partition coefficient (Wildman–Crippen LogP) is 0.624. The first-order valence-corrected chi connectivity index (χ1v) is 6.26. The molecule has 0 fully saturated rings.